The monoisotopic (exact) mass is 397 g/mol. The summed E-state index contributed by atoms with van der Waals surface area (Å²) >= 11 is 0. The van der Waals surface area contributed by atoms with Crippen molar-refractivity contribution in [3.63, 3.8) is 0 Å². The minimum absolute atomic E-state index is 0.00629. The van der Waals surface area contributed by atoms with Crippen LogP contribution in [-0.2, 0) is 0 Å². The molecule has 156 valence electrons. The summed E-state index contributed by atoms with van der Waals surface area (Å²) in [6, 6.07) is 6.55. The Bertz CT molecular complexity index is 844. The van der Waals surface area contributed by atoms with Crippen LogP contribution < -0.4 is 10.1 Å². The molecule has 1 N–H and O–H groups in total. The van der Waals surface area contributed by atoms with E-state index in [2.05, 4.69) is 47.7 Å². The maximum Gasteiger partial charge on any atom is 0.276 e. The molecule has 3 heterocycles. The Kier molecular flexibility index (Phi) is 5.85. The lowest BCUT2D eigenvalue weighted by Gasteiger charge is -2.32. The number of rotatable bonds is 4. The summed E-state index contributed by atoms with van der Waals surface area (Å²) in [5, 5.41) is 11.9. The van der Waals surface area contributed by atoms with E-state index in [-0.39, 0.29) is 12.0 Å². The van der Waals surface area contributed by atoms with Crippen LogP contribution in [0.1, 0.15) is 59.0 Å². The van der Waals surface area contributed by atoms with Gasteiger partial charge in [-0.25, -0.2) is 4.68 Å². The van der Waals surface area contributed by atoms with Crippen LogP contribution in [0.15, 0.2) is 18.2 Å². The molecule has 0 aliphatic carbocycles. The standard InChI is InChI=1S/C22H31N5O2/c1-15-5-4-6-16(2)21(15)29-19-9-13-26(14-10-19)22(28)20-17(3)27(25-24-20)18-7-11-23-12-8-18/h4-6,18-19,23H,7-14H2,1-3H3. The van der Waals surface area contributed by atoms with E-state index in [4.69, 9.17) is 4.74 Å². The summed E-state index contributed by atoms with van der Waals surface area (Å²) in [7, 11) is 0. The average Bonchev–Trinajstić information content (AvgIpc) is 3.13. The lowest BCUT2D eigenvalue weighted by Crippen LogP contribution is -2.42. The zero-order chi connectivity index (χ0) is 20.4. The second kappa shape index (κ2) is 8.53. The second-order valence-corrected chi connectivity index (χ2v) is 8.28. The van der Waals surface area contributed by atoms with E-state index in [1.807, 2.05) is 16.5 Å². The van der Waals surface area contributed by atoms with Gasteiger partial charge in [-0.1, -0.05) is 23.4 Å². The van der Waals surface area contributed by atoms with Crippen molar-refractivity contribution >= 4 is 5.91 Å². The average molecular weight is 398 g/mol. The maximum absolute atomic E-state index is 13.0. The molecule has 2 aliphatic heterocycles. The summed E-state index contributed by atoms with van der Waals surface area (Å²) < 4.78 is 8.23. The van der Waals surface area contributed by atoms with E-state index in [9.17, 15) is 4.79 Å². The van der Waals surface area contributed by atoms with Crippen LogP contribution in [-0.4, -0.2) is 58.1 Å². The van der Waals surface area contributed by atoms with Gasteiger partial charge in [-0.15, -0.1) is 5.10 Å². The smallest absolute Gasteiger partial charge is 0.276 e. The van der Waals surface area contributed by atoms with Gasteiger partial charge in [0, 0.05) is 25.9 Å². The first-order chi connectivity index (χ1) is 14.0. The highest BCUT2D eigenvalue weighted by molar-refractivity contribution is 5.93. The molecule has 2 aromatic rings. The zero-order valence-corrected chi connectivity index (χ0v) is 17.6. The van der Waals surface area contributed by atoms with Crippen molar-refractivity contribution < 1.29 is 9.53 Å². The van der Waals surface area contributed by atoms with E-state index in [1.165, 1.54) is 0 Å². The molecule has 0 atom stereocenters. The summed E-state index contributed by atoms with van der Waals surface area (Å²) in [6.45, 7) is 9.47. The highest BCUT2D eigenvalue weighted by atomic mass is 16.5. The number of carbonyl (C=O) groups is 1. The number of aryl methyl sites for hydroxylation is 2. The maximum atomic E-state index is 13.0. The third-order valence-electron chi connectivity index (χ3n) is 6.21. The fourth-order valence-electron chi connectivity index (χ4n) is 4.41. The zero-order valence-electron chi connectivity index (χ0n) is 17.6. The Balaban J connectivity index is 1.37. The van der Waals surface area contributed by atoms with E-state index >= 15 is 0 Å². The number of nitrogens with zero attached hydrogens (tertiary/aromatic N) is 4. The molecule has 2 aliphatic rings. The number of nitrogens with one attached hydrogen (secondary N) is 1. The number of likely N-dealkylation sites (tertiary alicyclic amines) is 1. The van der Waals surface area contributed by atoms with Gasteiger partial charge in [0.05, 0.1) is 11.7 Å². The van der Waals surface area contributed by atoms with E-state index in [0.29, 0.717) is 24.8 Å². The summed E-state index contributed by atoms with van der Waals surface area (Å²) in [5.74, 6) is 0.978. The lowest BCUT2D eigenvalue weighted by atomic mass is 10.1. The second-order valence-electron chi connectivity index (χ2n) is 8.28. The molecule has 1 aromatic carbocycles. The van der Waals surface area contributed by atoms with Crippen LogP contribution in [0.3, 0.4) is 0 Å². The van der Waals surface area contributed by atoms with Gasteiger partial charge in [0.15, 0.2) is 5.69 Å². The predicted octanol–water partition coefficient (Wildman–Crippen LogP) is 2.81. The fourth-order valence-corrected chi connectivity index (χ4v) is 4.41. The molecule has 0 unspecified atom stereocenters. The SMILES string of the molecule is Cc1cccc(C)c1OC1CCN(C(=O)c2nnn(C3CCNCC3)c2C)CC1. The number of carbonyl (C=O) groups excluding carboxylic acids is 1. The van der Waals surface area contributed by atoms with Gasteiger partial charge >= 0.3 is 0 Å². The van der Waals surface area contributed by atoms with Crippen LogP contribution >= 0.6 is 0 Å². The number of benzene rings is 1. The third kappa shape index (κ3) is 4.15. The lowest BCUT2D eigenvalue weighted by molar-refractivity contribution is 0.0587. The molecule has 1 aromatic heterocycles. The van der Waals surface area contributed by atoms with Crippen molar-refractivity contribution in [3.8, 4) is 5.75 Å². The summed E-state index contributed by atoms with van der Waals surface area (Å²) in [5.41, 5.74) is 3.70. The first-order valence-electron chi connectivity index (χ1n) is 10.7. The third-order valence-corrected chi connectivity index (χ3v) is 6.21. The Morgan fingerprint density at radius 2 is 1.72 bits per heavy atom. The van der Waals surface area contributed by atoms with E-state index in [1.54, 1.807) is 0 Å². The molecule has 0 spiro atoms. The number of aromatic nitrogens is 3. The Morgan fingerprint density at radius 1 is 1.07 bits per heavy atom. The summed E-state index contributed by atoms with van der Waals surface area (Å²) in [6.07, 6.45) is 3.87. The number of hydrogen-bond acceptors (Lipinski definition) is 5. The molecule has 0 radical (unpaired) electrons. The van der Waals surface area contributed by atoms with Gasteiger partial charge < -0.3 is 15.0 Å². The Labute approximate surface area is 172 Å². The van der Waals surface area contributed by atoms with Crippen LogP contribution in [0.4, 0.5) is 0 Å². The Morgan fingerprint density at radius 3 is 2.38 bits per heavy atom. The molecule has 0 saturated carbocycles. The van der Waals surface area contributed by atoms with Gasteiger partial charge in [-0.05, 0) is 57.8 Å². The molecular formula is C22H31N5O2. The fraction of sp³-hybridized carbons (Fsp3) is 0.591. The van der Waals surface area contributed by atoms with Gasteiger partial charge in [0.2, 0.25) is 0 Å². The van der Waals surface area contributed by atoms with Crippen molar-refractivity contribution in [1.82, 2.24) is 25.2 Å². The molecule has 2 fully saturated rings. The Hall–Kier alpha value is -2.41. The molecule has 4 rings (SSSR count). The topological polar surface area (TPSA) is 72.3 Å². The molecule has 2 saturated heterocycles. The number of piperidine rings is 2. The number of ether oxygens (including phenoxy) is 1. The largest absolute Gasteiger partial charge is 0.490 e. The summed E-state index contributed by atoms with van der Waals surface area (Å²) in [4.78, 5) is 14.9. The van der Waals surface area contributed by atoms with Crippen LogP contribution in [0, 0.1) is 20.8 Å². The van der Waals surface area contributed by atoms with Crippen LogP contribution in [0.5, 0.6) is 5.75 Å². The van der Waals surface area contributed by atoms with E-state index in [0.717, 1.165) is 61.3 Å². The van der Waals surface area contributed by atoms with Crippen molar-refractivity contribution in [2.45, 2.75) is 58.6 Å². The van der Waals surface area contributed by atoms with Crippen molar-refractivity contribution in [3.05, 3.63) is 40.7 Å². The molecule has 7 nitrogen and oxygen atoms in total. The van der Waals surface area contributed by atoms with Gasteiger partial charge in [-0.3, -0.25) is 4.79 Å². The van der Waals surface area contributed by atoms with E-state index < -0.39 is 0 Å². The number of hydrogen-bond donors (Lipinski definition) is 1. The normalized spacial score (nSPS) is 18.8. The van der Waals surface area contributed by atoms with Crippen molar-refractivity contribution in [2.75, 3.05) is 26.2 Å². The van der Waals surface area contributed by atoms with Crippen LogP contribution in [0.25, 0.3) is 0 Å². The molecule has 1 amide bonds. The van der Waals surface area contributed by atoms with Crippen molar-refractivity contribution in [2.24, 2.45) is 0 Å². The first-order valence-corrected chi connectivity index (χ1v) is 10.7. The molecule has 0 bridgehead atoms. The minimum Gasteiger partial charge on any atom is -0.490 e. The van der Waals surface area contributed by atoms with Gasteiger partial charge in [0.25, 0.3) is 5.91 Å². The number of para-hydroxylation sites is 1. The molecule has 7 heteroatoms. The highest BCUT2D eigenvalue weighted by Gasteiger charge is 2.29. The highest BCUT2D eigenvalue weighted by Crippen LogP contribution is 2.27. The van der Waals surface area contributed by atoms with Gasteiger partial charge in [0.1, 0.15) is 11.9 Å². The molecular weight excluding hydrogens is 366 g/mol. The minimum atomic E-state index is -0.00629. The first kappa shape index (κ1) is 19.9. The van der Waals surface area contributed by atoms with Crippen molar-refractivity contribution in [1.29, 1.82) is 0 Å². The van der Waals surface area contributed by atoms with Crippen LogP contribution in [0.2, 0.25) is 0 Å². The predicted molar refractivity (Wildman–Crippen MR) is 111 cm³/mol. The number of amides is 1. The quantitative estimate of drug-likeness (QED) is 0.859. The van der Waals surface area contributed by atoms with Gasteiger partial charge in [-0.2, -0.15) is 0 Å². The molecule has 29 heavy (non-hydrogen) atoms.